The zero-order chi connectivity index (χ0) is 5.70. The molecule has 7 heavy (non-hydrogen) atoms. The third-order valence-electron chi connectivity index (χ3n) is 0.326. The van der Waals surface area contributed by atoms with E-state index >= 15 is 0 Å². The van der Waals surface area contributed by atoms with Crippen LogP contribution in [0.5, 0.6) is 0 Å². The van der Waals surface area contributed by atoms with E-state index in [1.54, 1.807) is 0 Å². The molecule has 0 unspecified atom stereocenters. The Morgan fingerprint density at radius 3 is 2.29 bits per heavy atom. The molecule has 0 heterocycles. The predicted octanol–water partition coefficient (Wildman–Crippen LogP) is -0.992. The van der Waals surface area contributed by atoms with E-state index in [2.05, 4.69) is 4.36 Å². The van der Waals surface area contributed by atoms with E-state index in [4.69, 9.17) is 5.73 Å². The SMILES string of the molecule is NCCN=S(=O)=O. The van der Waals surface area contributed by atoms with E-state index in [0.717, 1.165) is 0 Å². The lowest BCUT2D eigenvalue weighted by molar-refractivity contribution is 0.620. The molecular formula is C2H6N2O2S. The van der Waals surface area contributed by atoms with Gasteiger partial charge in [0.05, 0.1) is 6.54 Å². The number of nitrogens with zero attached hydrogens (tertiary/aromatic N) is 1. The van der Waals surface area contributed by atoms with Gasteiger partial charge in [0.2, 0.25) is 0 Å². The average molecular weight is 122 g/mol. The summed E-state index contributed by atoms with van der Waals surface area (Å²) in [6, 6.07) is 0. The zero-order valence-electron chi connectivity index (χ0n) is 3.66. The highest BCUT2D eigenvalue weighted by Gasteiger charge is 1.70. The van der Waals surface area contributed by atoms with Crippen LogP contribution in [-0.4, -0.2) is 21.5 Å². The van der Waals surface area contributed by atoms with E-state index in [0.29, 0.717) is 0 Å². The van der Waals surface area contributed by atoms with Crippen molar-refractivity contribution < 1.29 is 8.42 Å². The Kier molecular flexibility index (Phi) is 3.53. The molecule has 0 saturated heterocycles. The quantitative estimate of drug-likeness (QED) is 0.511. The minimum atomic E-state index is -2.27. The molecule has 4 nitrogen and oxygen atoms in total. The van der Waals surface area contributed by atoms with Crippen molar-refractivity contribution in [2.75, 3.05) is 13.1 Å². The van der Waals surface area contributed by atoms with Gasteiger partial charge in [0.15, 0.2) is 0 Å². The van der Waals surface area contributed by atoms with E-state index in [1.807, 2.05) is 0 Å². The minimum absolute atomic E-state index is 0.191. The van der Waals surface area contributed by atoms with Gasteiger partial charge in [-0.05, 0) is 0 Å². The van der Waals surface area contributed by atoms with Crippen molar-refractivity contribution in [3.63, 3.8) is 0 Å². The summed E-state index contributed by atoms with van der Waals surface area (Å²) in [5.41, 5.74) is 4.91. The maximum Gasteiger partial charge on any atom is 0.311 e. The molecule has 0 bridgehead atoms. The fourth-order valence-corrected chi connectivity index (χ4v) is 0.382. The molecule has 0 aliphatic rings. The van der Waals surface area contributed by atoms with Gasteiger partial charge in [-0.3, -0.25) is 0 Å². The van der Waals surface area contributed by atoms with Crippen LogP contribution in [-0.2, 0) is 10.5 Å². The smallest absolute Gasteiger partial charge is 0.311 e. The zero-order valence-corrected chi connectivity index (χ0v) is 4.48. The van der Waals surface area contributed by atoms with Crippen molar-refractivity contribution >= 4 is 10.5 Å². The molecule has 2 N–H and O–H groups in total. The lowest BCUT2D eigenvalue weighted by Crippen LogP contribution is -2.01. The van der Waals surface area contributed by atoms with Crippen LogP contribution in [0.1, 0.15) is 0 Å². The van der Waals surface area contributed by atoms with Gasteiger partial charge < -0.3 is 5.73 Å². The minimum Gasteiger partial charge on any atom is -0.329 e. The summed E-state index contributed by atoms with van der Waals surface area (Å²) in [5, 5.41) is 0. The van der Waals surface area contributed by atoms with E-state index in [-0.39, 0.29) is 13.1 Å². The normalized spacial score (nSPS) is 8.14. The summed E-state index contributed by atoms with van der Waals surface area (Å²) < 4.78 is 22.1. The van der Waals surface area contributed by atoms with Gasteiger partial charge in [-0.15, -0.1) is 0 Å². The van der Waals surface area contributed by atoms with Crippen molar-refractivity contribution in [3.05, 3.63) is 0 Å². The first-order valence-corrected chi connectivity index (χ1v) is 2.77. The fourth-order valence-electron chi connectivity index (χ4n) is 0.127. The van der Waals surface area contributed by atoms with Gasteiger partial charge in [0.1, 0.15) is 0 Å². The fraction of sp³-hybridized carbons (Fsp3) is 1.00. The Balaban J connectivity index is 3.49. The molecule has 0 atom stereocenters. The summed E-state index contributed by atoms with van der Waals surface area (Å²) in [6.07, 6.45) is 0. The summed E-state index contributed by atoms with van der Waals surface area (Å²) >= 11 is 0. The highest BCUT2D eigenvalue weighted by molar-refractivity contribution is 7.61. The second-order valence-corrected chi connectivity index (χ2v) is 1.55. The molecule has 0 fully saturated rings. The molecule has 0 aliphatic carbocycles. The van der Waals surface area contributed by atoms with Crippen LogP contribution in [0, 0.1) is 0 Å². The second-order valence-electron chi connectivity index (χ2n) is 0.858. The number of rotatable bonds is 2. The van der Waals surface area contributed by atoms with Gasteiger partial charge in [-0.25, -0.2) is 0 Å². The molecule has 0 rings (SSSR count). The van der Waals surface area contributed by atoms with E-state index in [9.17, 15) is 8.42 Å². The van der Waals surface area contributed by atoms with Crippen LogP contribution in [0.15, 0.2) is 4.36 Å². The molecule has 0 aliphatic heterocycles. The first kappa shape index (κ1) is 6.58. The van der Waals surface area contributed by atoms with Crippen LogP contribution < -0.4 is 5.73 Å². The van der Waals surface area contributed by atoms with Crippen LogP contribution in [0.4, 0.5) is 0 Å². The van der Waals surface area contributed by atoms with Crippen LogP contribution in [0.3, 0.4) is 0 Å². The lowest BCUT2D eigenvalue weighted by Gasteiger charge is -1.73. The van der Waals surface area contributed by atoms with E-state index < -0.39 is 10.5 Å². The highest BCUT2D eigenvalue weighted by Crippen LogP contribution is 1.59. The molecule has 0 spiro atoms. The Morgan fingerprint density at radius 1 is 1.57 bits per heavy atom. The molecule has 5 heteroatoms. The molecule has 0 saturated carbocycles. The van der Waals surface area contributed by atoms with Gasteiger partial charge in [0.25, 0.3) is 0 Å². The maximum absolute atomic E-state index is 9.54. The lowest BCUT2D eigenvalue weighted by atomic mass is 10.7. The van der Waals surface area contributed by atoms with Crippen molar-refractivity contribution in [1.29, 1.82) is 0 Å². The third-order valence-corrected chi connectivity index (χ3v) is 0.719. The first-order chi connectivity index (χ1) is 3.27. The van der Waals surface area contributed by atoms with Crippen molar-refractivity contribution in [2.24, 2.45) is 10.1 Å². The monoisotopic (exact) mass is 122 g/mol. The molecule has 0 radical (unpaired) electrons. The molecule has 0 amide bonds. The molecule has 0 aromatic heterocycles. The van der Waals surface area contributed by atoms with Crippen molar-refractivity contribution in [1.82, 2.24) is 0 Å². The molecular weight excluding hydrogens is 116 g/mol. The molecule has 0 aromatic carbocycles. The van der Waals surface area contributed by atoms with Crippen LogP contribution >= 0.6 is 0 Å². The number of hydrogen-bond donors (Lipinski definition) is 1. The summed E-state index contributed by atoms with van der Waals surface area (Å²) in [5.74, 6) is 0. The van der Waals surface area contributed by atoms with Gasteiger partial charge in [-0.2, -0.15) is 12.8 Å². The summed E-state index contributed by atoms with van der Waals surface area (Å²) in [6.45, 7) is 0.476. The third kappa shape index (κ3) is 5.58. The second kappa shape index (κ2) is 3.76. The standard InChI is InChI=1S/C2H6N2O2S/c3-1-2-4-7(5)6/h1-3H2. The predicted molar refractivity (Wildman–Crippen MR) is 25.3 cm³/mol. The topological polar surface area (TPSA) is 72.5 Å². The van der Waals surface area contributed by atoms with Gasteiger partial charge in [0, 0.05) is 6.54 Å². The Labute approximate surface area is 43.0 Å². The summed E-state index contributed by atoms with van der Waals surface area (Å²) in [7, 11) is -2.27. The van der Waals surface area contributed by atoms with Crippen molar-refractivity contribution in [3.8, 4) is 0 Å². The Hall–Kier alpha value is -0.420. The van der Waals surface area contributed by atoms with Crippen LogP contribution in [0.2, 0.25) is 0 Å². The largest absolute Gasteiger partial charge is 0.329 e. The average Bonchev–Trinajstić information content (AvgIpc) is 1.61. The van der Waals surface area contributed by atoms with Gasteiger partial charge >= 0.3 is 10.5 Å². The van der Waals surface area contributed by atoms with Crippen LogP contribution in [0.25, 0.3) is 0 Å². The van der Waals surface area contributed by atoms with Gasteiger partial charge in [-0.1, -0.05) is 0 Å². The first-order valence-electron chi connectivity index (χ1n) is 1.74. The maximum atomic E-state index is 9.54. The Bertz CT molecular complexity index is 139. The van der Waals surface area contributed by atoms with E-state index in [1.165, 1.54) is 0 Å². The highest BCUT2D eigenvalue weighted by atomic mass is 32.2. The number of nitrogens with two attached hydrogens (primary N) is 1. The van der Waals surface area contributed by atoms with Crippen molar-refractivity contribution in [2.45, 2.75) is 0 Å². The molecule has 42 valence electrons. The Morgan fingerprint density at radius 2 is 2.14 bits per heavy atom. The summed E-state index contributed by atoms with van der Waals surface area (Å²) in [4.78, 5) is 0. The molecule has 0 aromatic rings. The number of hydrogen-bond acceptors (Lipinski definition) is 4.